The molecule has 0 bridgehead atoms. The number of rotatable bonds is 5. The Balaban J connectivity index is 1.45. The maximum atomic E-state index is 6.07. The molecule has 27 heavy (non-hydrogen) atoms. The lowest BCUT2D eigenvalue weighted by Crippen LogP contribution is -2.05. The van der Waals surface area contributed by atoms with E-state index in [1.807, 2.05) is 47.0 Å². The molecule has 136 valence electrons. The fraction of sp³-hybridized carbons (Fsp3) is 0.0952. The van der Waals surface area contributed by atoms with Crippen molar-refractivity contribution in [3.05, 3.63) is 77.3 Å². The molecule has 4 N–H and O–H groups in total. The van der Waals surface area contributed by atoms with E-state index in [2.05, 4.69) is 17.1 Å². The molecule has 4 aromatic rings. The molecule has 0 spiro atoms. The van der Waals surface area contributed by atoms with Crippen LogP contribution in [0, 0.1) is 0 Å². The molecule has 4 rings (SSSR count). The summed E-state index contributed by atoms with van der Waals surface area (Å²) in [6.07, 6.45) is 0.825. The third-order valence-corrected chi connectivity index (χ3v) is 4.65. The van der Waals surface area contributed by atoms with Crippen LogP contribution < -0.4 is 16.2 Å². The van der Waals surface area contributed by atoms with E-state index < -0.39 is 0 Å². The number of halogens is 1. The van der Waals surface area contributed by atoms with E-state index in [4.69, 9.17) is 27.8 Å². The lowest BCUT2D eigenvalue weighted by molar-refractivity contribution is 0.482. The number of benzene rings is 3. The summed E-state index contributed by atoms with van der Waals surface area (Å²) >= 11 is 5.89. The van der Waals surface area contributed by atoms with E-state index in [1.165, 1.54) is 5.56 Å². The Morgan fingerprint density at radius 1 is 0.889 bits per heavy atom. The predicted molar refractivity (Wildman–Crippen MR) is 110 cm³/mol. The van der Waals surface area contributed by atoms with Gasteiger partial charge in [-0.25, -0.2) is 4.98 Å². The smallest absolute Gasteiger partial charge is 0.201 e. The molecule has 0 aliphatic carbocycles. The largest absolute Gasteiger partial charge is 0.457 e. The highest BCUT2D eigenvalue weighted by Gasteiger charge is 2.08. The molecule has 0 radical (unpaired) electrons. The Morgan fingerprint density at radius 3 is 2.26 bits per heavy atom. The maximum Gasteiger partial charge on any atom is 0.201 e. The van der Waals surface area contributed by atoms with Gasteiger partial charge in [0, 0.05) is 17.3 Å². The molecule has 1 aromatic heterocycles. The van der Waals surface area contributed by atoms with E-state index in [0.29, 0.717) is 16.7 Å². The second-order valence-corrected chi connectivity index (χ2v) is 6.76. The van der Waals surface area contributed by atoms with Gasteiger partial charge in [0.15, 0.2) is 0 Å². The van der Waals surface area contributed by atoms with Gasteiger partial charge >= 0.3 is 0 Å². The van der Waals surface area contributed by atoms with E-state index >= 15 is 0 Å². The Hall–Kier alpha value is -3.18. The quantitative estimate of drug-likeness (QED) is 0.484. The number of nitrogen functional groups attached to an aromatic ring is 2. The van der Waals surface area contributed by atoms with Crippen molar-refractivity contribution in [2.45, 2.75) is 13.0 Å². The van der Waals surface area contributed by atoms with Gasteiger partial charge in [0.1, 0.15) is 11.5 Å². The van der Waals surface area contributed by atoms with Crippen LogP contribution in [0.3, 0.4) is 0 Å². The SMILES string of the molecule is Nc1ccc2nc(N)n(CCc3ccc(Oc4ccc(Cl)cc4)cc3)c2c1. The van der Waals surface area contributed by atoms with Crippen molar-refractivity contribution in [3.8, 4) is 11.5 Å². The second kappa shape index (κ2) is 7.21. The number of aromatic nitrogens is 2. The molecular formula is C21H19ClN4O. The van der Waals surface area contributed by atoms with Gasteiger partial charge in [-0.1, -0.05) is 23.7 Å². The van der Waals surface area contributed by atoms with Gasteiger partial charge in [0.2, 0.25) is 5.95 Å². The lowest BCUT2D eigenvalue weighted by atomic mass is 10.1. The van der Waals surface area contributed by atoms with Gasteiger partial charge in [-0.15, -0.1) is 0 Å². The highest BCUT2D eigenvalue weighted by atomic mass is 35.5. The summed E-state index contributed by atoms with van der Waals surface area (Å²) in [5, 5.41) is 0.686. The van der Waals surface area contributed by atoms with E-state index in [1.54, 1.807) is 12.1 Å². The number of nitrogens with two attached hydrogens (primary N) is 2. The molecule has 3 aromatic carbocycles. The van der Waals surface area contributed by atoms with Gasteiger partial charge in [0.05, 0.1) is 11.0 Å². The van der Waals surface area contributed by atoms with Gasteiger partial charge in [0.25, 0.3) is 0 Å². The third kappa shape index (κ3) is 3.83. The van der Waals surface area contributed by atoms with Gasteiger partial charge < -0.3 is 20.8 Å². The average molecular weight is 379 g/mol. The minimum absolute atomic E-state index is 0.498. The normalized spacial score (nSPS) is 11.0. The first-order valence-electron chi connectivity index (χ1n) is 8.62. The van der Waals surface area contributed by atoms with Crippen LogP contribution in [0.2, 0.25) is 5.02 Å². The van der Waals surface area contributed by atoms with Crippen molar-refractivity contribution in [2.75, 3.05) is 11.5 Å². The summed E-state index contributed by atoms with van der Waals surface area (Å²) in [4.78, 5) is 4.39. The predicted octanol–water partition coefficient (Wildman–Crippen LogP) is 4.89. The standard InChI is InChI=1S/C21H19ClN4O/c22-15-3-8-18(9-4-15)27-17-6-1-14(2-7-17)11-12-26-20-13-16(23)5-10-19(20)25-21(26)24/h1-10,13H,11-12,23H2,(H2,24,25). The van der Waals surface area contributed by atoms with E-state index in [9.17, 15) is 0 Å². The van der Waals surface area contributed by atoms with Crippen LogP contribution >= 0.6 is 11.6 Å². The first kappa shape index (κ1) is 17.2. The fourth-order valence-electron chi connectivity index (χ4n) is 3.00. The fourth-order valence-corrected chi connectivity index (χ4v) is 3.12. The minimum atomic E-state index is 0.498. The van der Waals surface area contributed by atoms with Crippen molar-refractivity contribution < 1.29 is 4.74 Å². The number of ether oxygens (including phenoxy) is 1. The zero-order valence-corrected chi connectivity index (χ0v) is 15.4. The first-order chi connectivity index (χ1) is 13.1. The monoisotopic (exact) mass is 378 g/mol. The first-order valence-corrected chi connectivity index (χ1v) is 9.00. The summed E-state index contributed by atoms with van der Waals surface area (Å²) in [5.41, 5.74) is 15.7. The van der Waals surface area contributed by atoms with Crippen LogP contribution in [-0.4, -0.2) is 9.55 Å². The van der Waals surface area contributed by atoms with Crippen molar-refractivity contribution in [2.24, 2.45) is 0 Å². The van der Waals surface area contributed by atoms with Gasteiger partial charge in [-0.3, -0.25) is 0 Å². The highest BCUT2D eigenvalue weighted by molar-refractivity contribution is 6.30. The molecule has 0 aliphatic rings. The number of nitrogens with zero attached hydrogens (tertiary/aromatic N) is 2. The number of hydrogen-bond donors (Lipinski definition) is 2. The molecular weight excluding hydrogens is 360 g/mol. The van der Waals surface area contributed by atoms with Crippen molar-refractivity contribution >= 4 is 34.3 Å². The Labute approximate surface area is 162 Å². The molecule has 0 atom stereocenters. The van der Waals surface area contributed by atoms with Crippen LogP contribution in [0.1, 0.15) is 5.56 Å². The average Bonchev–Trinajstić information content (AvgIpc) is 2.97. The van der Waals surface area contributed by atoms with Crippen LogP contribution in [0.4, 0.5) is 11.6 Å². The number of anilines is 2. The summed E-state index contributed by atoms with van der Waals surface area (Å²) < 4.78 is 7.81. The maximum absolute atomic E-state index is 6.07. The van der Waals surface area contributed by atoms with E-state index in [0.717, 1.165) is 35.5 Å². The minimum Gasteiger partial charge on any atom is -0.457 e. The molecule has 0 amide bonds. The zero-order chi connectivity index (χ0) is 18.8. The molecule has 5 nitrogen and oxygen atoms in total. The second-order valence-electron chi connectivity index (χ2n) is 6.32. The third-order valence-electron chi connectivity index (χ3n) is 4.40. The van der Waals surface area contributed by atoms with Crippen LogP contribution in [0.5, 0.6) is 11.5 Å². The van der Waals surface area contributed by atoms with Crippen LogP contribution in [0.25, 0.3) is 11.0 Å². The molecule has 6 heteroatoms. The summed E-state index contributed by atoms with van der Waals surface area (Å²) in [6.45, 7) is 0.725. The summed E-state index contributed by atoms with van der Waals surface area (Å²) in [5.74, 6) is 2.03. The number of aryl methyl sites for hydroxylation is 2. The number of hydrogen-bond acceptors (Lipinski definition) is 4. The topological polar surface area (TPSA) is 79.1 Å². The molecule has 0 saturated carbocycles. The molecule has 1 heterocycles. The Morgan fingerprint density at radius 2 is 1.56 bits per heavy atom. The summed E-state index contributed by atoms with van der Waals surface area (Å²) in [6, 6.07) is 20.9. The highest BCUT2D eigenvalue weighted by Crippen LogP contribution is 2.24. The lowest BCUT2D eigenvalue weighted by Gasteiger charge is -2.09. The van der Waals surface area contributed by atoms with E-state index in [-0.39, 0.29) is 0 Å². The number of imidazole rings is 1. The number of fused-ring (bicyclic) bond motifs is 1. The van der Waals surface area contributed by atoms with Crippen LogP contribution in [0.15, 0.2) is 66.7 Å². The molecule has 0 saturated heterocycles. The molecule has 0 fully saturated rings. The zero-order valence-electron chi connectivity index (χ0n) is 14.6. The summed E-state index contributed by atoms with van der Waals surface area (Å²) in [7, 11) is 0. The van der Waals surface area contributed by atoms with Gasteiger partial charge in [-0.2, -0.15) is 0 Å². The van der Waals surface area contributed by atoms with Crippen molar-refractivity contribution in [3.63, 3.8) is 0 Å². The van der Waals surface area contributed by atoms with Gasteiger partial charge in [-0.05, 0) is 66.6 Å². The van der Waals surface area contributed by atoms with Crippen molar-refractivity contribution in [1.29, 1.82) is 0 Å². The molecule has 0 aliphatic heterocycles. The Bertz CT molecular complexity index is 1070. The van der Waals surface area contributed by atoms with Crippen molar-refractivity contribution in [1.82, 2.24) is 9.55 Å². The van der Waals surface area contributed by atoms with Crippen LogP contribution in [-0.2, 0) is 13.0 Å². The Kier molecular flexibility index (Phi) is 4.60. The molecule has 0 unspecified atom stereocenters.